The average Bonchev–Trinajstić information content (AvgIpc) is 2.65. The fraction of sp³-hybridized carbons (Fsp3) is 0.455. The van der Waals surface area contributed by atoms with Gasteiger partial charge in [0.2, 0.25) is 0 Å². The second-order valence-electron chi connectivity index (χ2n) is 8.85. The van der Waals surface area contributed by atoms with Gasteiger partial charge in [0.05, 0.1) is 0 Å². The highest BCUT2D eigenvalue weighted by Gasteiger charge is 2.28. The molecule has 0 aromatic heterocycles. The normalized spacial score (nSPS) is 13.5. The van der Waals surface area contributed by atoms with Crippen LogP contribution in [0.3, 0.4) is 0 Å². The highest BCUT2D eigenvalue weighted by Crippen LogP contribution is 2.38. The molecule has 0 atom stereocenters. The van der Waals surface area contributed by atoms with E-state index in [1.807, 2.05) is 41.5 Å². The van der Waals surface area contributed by atoms with Crippen LogP contribution in [0.5, 0.6) is 0 Å². The van der Waals surface area contributed by atoms with Crippen molar-refractivity contribution in [1.29, 1.82) is 0 Å². The minimum absolute atomic E-state index is 0.0154. The quantitative estimate of drug-likeness (QED) is 0.555. The molecule has 166 valence electrons. The Balaban J connectivity index is 2.90. The first-order valence-corrected chi connectivity index (χ1v) is 12.7. The zero-order chi connectivity index (χ0) is 23.1. The molecule has 2 aromatic carbocycles. The molecule has 0 fully saturated rings. The van der Waals surface area contributed by atoms with E-state index < -0.39 is 30.0 Å². The third-order valence-corrected chi connectivity index (χ3v) is 7.93. The molecular formula is C22H30O6S2. The molecule has 8 heteroatoms. The number of hydrogen-bond donors (Lipinski definition) is 2. The molecule has 30 heavy (non-hydrogen) atoms. The van der Waals surface area contributed by atoms with Crippen LogP contribution in [-0.4, -0.2) is 25.9 Å². The summed E-state index contributed by atoms with van der Waals surface area (Å²) in [5.74, 6) is 0. The molecule has 2 aromatic rings. The highest BCUT2D eigenvalue weighted by molar-refractivity contribution is 7.86. The monoisotopic (exact) mass is 454 g/mol. The summed E-state index contributed by atoms with van der Waals surface area (Å²) in [5, 5.41) is 0. The van der Waals surface area contributed by atoms with Crippen molar-refractivity contribution in [2.45, 2.75) is 75.0 Å². The second-order valence-corrected chi connectivity index (χ2v) is 11.6. The SMILES string of the molecule is CCC(C)(C)c1ccc(-c2ccc(C(C)(C)CC)cc2S(=O)(=O)O)c(S(=O)(=O)O)c1. The first kappa shape index (κ1) is 24.5. The van der Waals surface area contributed by atoms with Crippen LogP contribution in [-0.2, 0) is 31.1 Å². The predicted octanol–water partition coefficient (Wildman–Crippen LogP) is 5.22. The van der Waals surface area contributed by atoms with Gasteiger partial charge in [-0.25, -0.2) is 0 Å². The fourth-order valence-corrected chi connectivity index (χ4v) is 4.63. The van der Waals surface area contributed by atoms with Gasteiger partial charge in [0, 0.05) is 11.1 Å². The Morgan fingerprint density at radius 1 is 0.667 bits per heavy atom. The third-order valence-electron chi connectivity index (χ3n) is 6.14. The van der Waals surface area contributed by atoms with Crippen LogP contribution in [0.2, 0.25) is 0 Å². The average molecular weight is 455 g/mol. The smallest absolute Gasteiger partial charge is 0.282 e. The fourth-order valence-electron chi connectivity index (χ4n) is 3.17. The summed E-state index contributed by atoms with van der Waals surface area (Å²) in [6.07, 6.45) is 1.46. The van der Waals surface area contributed by atoms with Crippen LogP contribution in [0.15, 0.2) is 46.2 Å². The minimum atomic E-state index is -4.65. The van der Waals surface area contributed by atoms with Crippen molar-refractivity contribution in [2.24, 2.45) is 0 Å². The van der Waals surface area contributed by atoms with E-state index in [2.05, 4.69) is 0 Å². The predicted molar refractivity (Wildman–Crippen MR) is 118 cm³/mol. The van der Waals surface area contributed by atoms with E-state index in [9.17, 15) is 25.9 Å². The zero-order valence-electron chi connectivity index (χ0n) is 18.2. The molecular weight excluding hydrogens is 424 g/mol. The van der Waals surface area contributed by atoms with Crippen molar-refractivity contribution in [3.63, 3.8) is 0 Å². The Hall–Kier alpha value is -1.74. The molecule has 0 saturated carbocycles. The number of hydrogen-bond acceptors (Lipinski definition) is 4. The number of benzene rings is 2. The molecule has 0 amide bonds. The Morgan fingerprint density at radius 3 is 1.20 bits per heavy atom. The first-order valence-electron chi connectivity index (χ1n) is 9.79. The van der Waals surface area contributed by atoms with E-state index in [4.69, 9.17) is 0 Å². The first-order chi connectivity index (χ1) is 13.5. The summed E-state index contributed by atoms with van der Waals surface area (Å²) in [7, 11) is -9.31. The number of rotatable bonds is 7. The molecule has 0 bridgehead atoms. The van der Waals surface area contributed by atoms with Crippen LogP contribution >= 0.6 is 0 Å². The van der Waals surface area contributed by atoms with Crippen molar-refractivity contribution >= 4 is 20.2 Å². The molecule has 6 nitrogen and oxygen atoms in total. The van der Waals surface area contributed by atoms with E-state index >= 15 is 0 Å². The van der Waals surface area contributed by atoms with Crippen LogP contribution in [0.4, 0.5) is 0 Å². The van der Waals surface area contributed by atoms with Gasteiger partial charge in [-0.3, -0.25) is 9.11 Å². The Morgan fingerprint density at radius 2 is 0.967 bits per heavy atom. The van der Waals surface area contributed by atoms with Gasteiger partial charge in [0.15, 0.2) is 0 Å². The van der Waals surface area contributed by atoms with E-state index in [1.165, 1.54) is 24.3 Å². The standard InChI is InChI=1S/C22H30O6S2/c1-7-21(3,4)15-9-11-17(19(13-15)29(23,24)25)18-12-10-16(22(5,6)8-2)14-20(18)30(26,27)28/h9-14H,7-8H2,1-6H3,(H,23,24,25)(H,26,27,28). The lowest BCUT2D eigenvalue weighted by molar-refractivity contribution is 0.477. The summed E-state index contributed by atoms with van der Waals surface area (Å²) in [4.78, 5) is -0.789. The van der Waals surface area contributed by atoms with E-state index in [0.717, 1.165) is 12.8 Å². The van der Waals surface area contributed by atoms with Gasteiger partial charge < -0.3 is 0 Å². The maximum absolute atomic E-state index is 12.2. The summed E-state index contributed by atoms with van der Waals surface area (Å²) in [6, 6.07) is 9.11. The van der Waals surface area contributed by atoms with Gasteiger partial charge >= 0.3 is 0 Å². The van der Waals surface area contributed by atoms with Gasteiger partial charge in [-0.15, -0.1) is 0 Å². The second kappa shape index (κ2) is 8.07. The van der Waals surface area contributed by atoms with Crippen LogP contribution in [0.25, 0.3) is 11.1 Å². The molecule has 0 heterocycles. The maximum atomic E-state index is 12.2. The van der Waals surface area contributed by atoms with Gasteiger partial charge in [-0.05, 0) is 46.9 Å². The Kier molecular flexibility index (Phi) is 6.60. The summed E-state index contributed by atoms with van der Waals surface area (Å²) < 4.78 is 68.4. The van der Waals surface area contributed by atoms with Crippen molar-refractivity contribution in [2.75, 3.05) is 0 Å². The van der Waals surface area contributed by atoms with Gasteiger partial charge in [0.25, 0.3) is 20.2 Å². The van der Waals surface area contributed by atoms with Crippen LogP contribution in [0.1, 0.15) is 65.5 Å². The molecule has 0 saturated heterocycles. The Labute approximate surface area is 179 Å². The van der Waals surface area contributed by atoms with Crippen molar-refractivity contribution in [3.8, 4) is 11.1 Å². The van der Waals surface area contributed by atoms with E-state index in [1.54, 1.807) is 12.1 Å². The topological polar surface area (TPSA) is 109 Å². The lowest BCUT2D eigenvalue weighted by atomic mass is 9.81. The van der Waals surface area contributed by atoms with Crippen molar-refractivity contribution < 1.29 is 25.9 Å². The molecule has 0 aliphatic rings. The van der Waals surface area contributed by atoms with Gasteiger partial charge in [0.1, 0.15) is 9.79 Å². The van der Waals surface area contributed by atoms with Crippen LogP contribution in [0, 0.1) is 0 Å². The van der Waals surface area contributed by atoms with Crippen molar-refractivity contribution in [3.05, 3.63) is 47.5 Å². The summed E-state index contributed by atoms with van der Waals surface area (Å²) >= 11 is 0. The molecule has 0 radical (unpaired) electrons. The molecule has 0 spiro atoms. The molecule has 2 N–H and O–H groups in total. The van der Waals surface area contributed by atoms with E-state index in [-0.39, 0.29) is 22.0 Å². The van der Waals surface area contributed by atoms with Gasteiger partial charge in [-0.1, -0.05) is 65.8 Å². The van der Waals surface area contributed by atoms with Gasteiger partial charge in [-0.2, -0.15) is 16.8 Å². The maximum Gasteiger partial charge on any atom is 0.295 e. The molecule has 0 aliphatic heterocycles. The molecule has 0 aliphatic carbocycles. The minimum Gasteiger partial charge on any atom is -0.282 e. The summed E-state index contributed by atoms with van der Waals surface area (Å²) in [6.45, 7) is 11.7. The highest BCUT2D eigenvalue weighted by atomic mass is 32.2. The van der Waals surface area contributed by atoms with E-state index in [0.29, 0.717) is 11.1 Å². The lowest BCUT2D eigenvalue weighted by Gasteiger charge is -2.26. The third kappa shape index (κ3) is 4.94. The lowest BCUT2D eigenvalue weighted by Crippen LogP contribution is -2.17. The summed E-state index contributed by atoms with van der Waals surface area (Å²) in [5.41, 5.74) is 0.720. The Bertz CT molecular complexity index is 1070. The molecule has 2 rings (SSSR count). The zero-order valence-corrected chi connectivity index (χ0v) is 19.9. The largest absolute Gasteiger partial charge is 0.295 e. The molecule has 0 unspecified atom stereocenters. The van der Waals surface area contributed by atoms with Crippen molar-refractivity contribution in [1.82, 2.24) is 0 Å². The van der Waals surface area contributed by atoms with Crippen LogP contribution < -0.4 is 0 Å².